The zero-order valence-corrected chi connectivity index (χ0v) is 25.0. The Balaban J connectivity index is 1.42. The highest BCUT2D eigenvalue weighted by Crippen LogP contribution is 2.35. The molecular formula is C33H30N6O8. The van der Waals surface area contributed by atoms with E-state index in [0.29, 0.717) is 44.3 Å². The van der Waals surface area contributed by atoms with Crippen LogP contribution in [0.5, 0.6) is 11.5 Å². The summed E-state index contributed by atoms with van der Waals surface area (Å²) in [6.07, 6.45) is 0.544. The number of hydrogen-bond acceptors (Lipinski definition) is 12. The van der Waals surface area contributed by atoms with Gasteiger partial charge in [-0.1, -0.05) is 36.4 Å². The van der Waals surface area contributed by atoms with Crippen LogP contribution in [0.15, 0.2) is 72.8 Å². The molecule has 0 bridgehead atoms. The Labute approximate surface area is 267 Å². The predicted molar refractivity (Wildman–Crippen MR) is 167 cm³/mol. The zero-order chi connectivity index (χ0) is 32.9. The molecule has 0 aliphatic carbocycles. The number of aliphatic hydroxyl groups is 2. The number of phenols is 2. The SMILES string of the molecule is O=C(CO)OCCc1cc(Cc2cc(CCOC(=O)CO)cc(-n3nc4ccccc4n3)c2O)c(O)c(-n2nc3ccccc3n2)c1. The lowest BCUT2D eigenvalue weighted by Crippen LogP contribution is -2.12. The van der Waals surface area contributed by atoms with Gasteiger partial charge in [0.2, 0.25) is 0 Å². The van der Waals surface area contributed by atoms with Crippen LogP contribution < -0.4 is 0 Å². The van der Waals surface area contributed by atoms with Gasteiger partial charge >= 0.3 is 11.9 Å². The summed E-state index contributed by atoms with van der Waals surface area (Å²) in [6, 6.07) is 21.3. The molecule has 0 saturated heterocycles. The molecule has 2 heterocycles. The van der Waals surface area contributed by atoms with Crippen LogP contribution in [0.25, 0.3) is 33.4 Å². The van der Waals surface area contributed by atoms with Crippen molar-refractivity contribution in [3.8, 4) is 22.9 Å². The third kappa shape index (κ3) is 6.88. The number of aromatic hydroxyl groups is 2. The molecule has 0 fully saturated rings. The molecule has 4 N–H and O–H groups in total. The van der Waals surface area contributed by atoms with Crippen molar-refractivity contribution < 1.29 is 39.5 Å². The largest absolute Gasteiger partial charge is 0.505 e. The summed E-state index contributed by atoms with van der Waals surface area (Å²) in [5, 5.41) is 59.2. The molecule has 0 aliphatic rings. The Bertz CT molecular complexity index is 1880. The zero-order valence-electron chi connectivity index (χ0n) is 25.0. The van der Waals surface area contributed by atoms with E-state index in [9.17, 15) is 19.8 Å². The molecule has 47 heavy (non-hydrogen) atoms. The van der Waals surface area contributed by atoms with Crippen LogP contribution in [0.3, 0.4) is 0 Å². The van der Waals surface area contributed by atoms with Gasteiger partial charge in [-0.2, -0.15) is 0 Å². The number of esters is 2. The molecule has 0 amide bonds. The Kier molecular flexibility index (Phi) is 9.04. The quantitative estimate of drug-likeness (QED) is 0.143. The number of phenolic OH excluding ortho intramolecular Hbond substituents is 2. The van der Waals surface area contributed by atoms with Crippen LogP contribution in [0, 0.1) is 0 Å². The van der Waals surface area contributed by atoms with Gasteiger partial charge in [-0.05, 0) is 47.5 Å². The van der Waals surface area contributed by atoms with Gasteiger partial charge in [-0.15, -0.1) is 30.0 Å². The normalized spacial score (nSPS) is 11.3. The van der Waals surface area contributed by atoms with E-state index in [0.717, 1.165) is 0 Å². The van der Waals surface area contributed by atoms with Crippen LogP contribution in [0.2, 0.25) is 0 Å². The number of benzene rings is 4. The minimum Gasteiger partial charge on any atom is -0.505 e. The molecule has 14 heteroatoms. The second-order valence-electron chi connectivity index (χ2n) is 10.6. The maximum atomic E-state index is 11.6. The molecule has 240 valence electrons. The van der Waals surface area contributed by atoms with Gasteiger partial charge < -0.3 is 29.9 Å². The first-order valence-corrected chi connectivity index (χ1v) is 14.7. The summed E-state index contributed by atoms with van der Waals surface area (Å²) >= 11 is 0. The summed E-state index contributed by atoms with van der Waals surface area (Å²) < 4.78 is 10.1. The number of hydrogen-bond donors (Lipinski definition) is 4. The molecule has 0 atom stereocenters. The topological polar surface area (TPSA) is 195 Å². The Morgan fingerprint density at radius 3 is 1.30 bits per heavy atom. The first kappa shape index (κ1) is 31.1. The number of ether oxygens (including phenoxy) is 2. The summed E-state index contributed by atoms with van der Waals surface area (Å²) in [4.78, 5) is 25.7. The van der Waals surface area contributed by atoms with Crippen molar-refractivity contribution in [1.29, 1.82) is 0 Å². The number of aliphatic hydroxyl groups excluding tert-OH is 2. The average Bonchev–Trinajstić information content (AvgIpc) is 3.71. The van der Waals surface area contributed by atoms with E-state index < -0.39 is 25.2 Å². The summed E-state index contributed by atoms with van der Waals surface area (Å²) in [5.74, 6) is -1.79. The maximum absolute atomic E-state index is 11.6. The fourth-order valence-corrected chi connectivity index (χ4v) is 5.14. The maximum Gasteiger partial charge on any atom is 0.331 e. The monoisotopic (exact) mass is 638 g/mol. The highest BCUT2D eigenvalue weighted by Gasteiger charge is 2.20. The van der Waals surface area contributed by atoms with Crippen LogP contribution in [-0.2, 0) is 38.3 Å². The molecule has 0 aliphatic heterocycles. The van der Waals surface area contributed by atoms with E-state index in [1.165, 1.54) is 9.59 Å². The summed E-state index contributed by atoms with van der Waals surface area (Å²) in [7, 11) is 0. The highest BCUT2D eigenvalue weighted by atomic mass is 16.5. The summed E-state index contributed by atoms with van der Waals surface area (Å²) in [6.45, 7) is -1.53. The fraction of sp³-hybridized carbons (Fsp3) is 0.212. The van der Waals surface area contributed by atoms with Crippen molar-refractivity contribution in [3.05, 3.63) is 95.1 Å². The lowest BCUT2D eigenvalue weighted by Gasteiger charge is -2.16. The molecule has 0 unspecified atom stereocenters. The second-order valence-corrected chi connectivity index (χ2v) is 10.6. The number of carbonyl (C=O) groups is 2. The van der Waals surface area contributed by atoms with Crippen molar-refractivity contribution in [1.82, 2.24) is 30.0 Å². The standard InChI is InChI=1S/C33H30N6O8/c40-18-30(42)46-11-9-20-13-22(32(44)28(15-20)38-34-24-5-1-2-6-25(24)35-38)17-23-14-21(10-12-47-31(43)19-41)16-29(33(23)45)39-36-26-7-3-4-8-27(26)37-39/h1-8,13-16,40-41,44-45H,9-12,17-19H2. The van der Waals surface area contributed by atoms with Crippen molar-refractivity contribution in [2.75, 3.05) is 26.4 Å². The summed E-state index contributed by atoms with van der Waals surface area (Å²) in [5.41, 5.74) is 5.19. The lowest BCUT2D eigenvalue weighted by molar-refractivity contribution is -0.147. The minimum absolute atomic E-state index is 0.0203. The second kappa shape index (κ2) is 13.6. The number of nitrogens with zero attached hydrogens (tertiary/aromatic N) is 6. The van der Waals surface area contributed by atoms with E-state index in [-0.39, 0.29) is 55.4 Å². The predicted octanol–water partition coefficient (Wildman–Crippen LogP) is 2.31. The van der Waals surface area contributed by atoms with E-state index in [1.54, 1.807) is 48.5 Å². The van der Waals surface area contributed by atoms with E-state index >= 15 is 0 Å². The van der Waals surface area contributed by atoms with E-state index in [4.69, 9.17) is 19.7 Å². The fourth-order valence-electron chi connectivity index (χ4n) is 5.14. The number of carbonyl (C=O) groups excluding carboxylic acids is 2. The van der Waals surface area contributed by atoms with Gasteiger partial charge in [0.15, 0.2) is 0 Å². The van der Waals surface area contributed by atoms with Crippen LogP contribution in [0.4, 0.5) is 0 Å². The van der Waals surface area contributed by atoms with Gasteiger partial charge in [0.1, 0.15) is 58.2 Å². The van der Waals surface area contributed by atoms with Crippen molar-refractivity contribution in [2.45, 2.75) is 19.3 Å². The molecule has 14 nitrogen and oxygen atoms in total. The first-order chi connectivity index (χ1) is 22.8. The van der Waals surface area contributed by atoms with Gasteiger partial charge in [-0.25, -0.2) is 9.59 Å². The number of aromatic nitrogens is 6. The van der Waals surface area contributed by atoms with Gasteiger partial charge in [0.25, 0.3) is 0 Å². The smallest absolute Gasteiger partial charge is 0.331 e. The first-order valence-electron chi connectivity index (χ1n) is 14.7. The molecule has 4 aromatic carbocycles. The van der Waals surface area contributed by atoms with Crippen molar-refractivity contribution in [2.24, 2.45) is 0 Å². The van der Waals surface area contributed by atoms with Gasteiger partial charge in [0.05, 0.1) is 13.2 Å². The van der Waals surface area contributed by atoms with Gasteiger partial charge in [-0.3, -0.25) is 0 Å². The number of fused-ring (bicyclic) bond motifs is 2. The molecular weight excluding hydrogens is 608 g/mol. The van der Waals surface area contributed by atoms with Gasteiger partial charge in [0, 0.05) is 30.4 Å². The third-order valence-electron chi connectivity index (χ3n) is 7.41. The molecule has 0 saturated carbocycles. The molecule has 6 aromatic rings. The Hall–Kier alpha value is -5.86. The Morgan fingerprint density at radius 2 is 0.957 bits per heavy atom. The van der Waals surface area contributed by atoms with Crippen LogP contribution in [0.1, 0.15) is 22.3 Å². The van der Waals surface area contributed by atoms with E-state index in [2.05, 4.69) is 20.4 Å². The molecule has 0 radical (unpaired) electrons. The van der Waals surface area contributed by atoms with Crippen molar-refractivity contribution in [3.63, 3.8) is 0 Å². The Morgan fingerprint density at radius 1 is 0.596 bits per heavy atom. The van der Waals surface area contributed by atoms with Crippen LogP contribution >= 0.6 is 0 Å². The van der Waals surface area contributed by atoms with E-state index in [1.807, 2.05) is 24.3 Å². The minimum atomic E-state index is -0.761. The molecule has 2 aromatic heterocycles. The van der Waals surface area contributed by atoms with Crippen LogP contribution in [-0.4, -0.2) is 88.8 Å². The highest BCUT2D eigenvalue weighted by molar-refractivity contribution is 5.75. The molecule has 0 spiro atoms. The number of rotatable bonds is 12. The third-order valence-corrected chi connectivity index (χ3v) is 7.41. The van der Waals surface area contributed by atoms with Crippen molar-refractivity contribution >= 4 is 34.0 Å². The lowest BCUT2D eigenvalue weighted by atomic mass is 9.96. The average molecular weight is 639 g/mol. The molecule has 6 rings (SSSR count).